The number of hydrogen-bond donors (Lipinski definition) is 1. The van der Waals surface area contributed by atoms with Gasteiger partial charge in [0.05, 0.1) is 17.3 Å². The maximum absolute atomic E-state index is 11.5. The summed E-state index contributed by atoms with van der Waals surface area (Å²) < 4.78 is 11.5. The molecule has 0 amide bonds. The first kappa shape index (κ1) is 21.2. The van der Waals surface area contributed by atoms with Crippen molar-refractivity contribution in [1.29, 1.82) is 0 Å². The van der Waals surface area contributed by atoms with E-state index in [9.17, 15) is 9.90 Å². The van der Waals surface area contributed by atoms with Crippen LogP contribution in [0.15, 0.2) is 24.3 Å². The summed E-state index contributed by atoms with van der Waals surface area (Å²) >= 11 is 0. The van der Waals surface area contributed by atoms with Gasteiger partial charge >= 0.3 is 5.97 Å². The van der Waals surface area contributed by atoms with Crippen molar-refractivity contribution < 1.29 is 19.4 Å². The summed E-state index contributed by atoms with van der Waals surface area (Å²) in [5.41, 5.74) is -0.0570. The number of ether oxygens (including phenoxy) is 2. The van der Waals surface area contributed by atoms with E-state index in [-0.39, 0.29) is 23.8 Å². The molecule has 0 aromatic rings. The van der Waals surface area contributed by atoms with Gasteiger partial charge in [0.2, 0.25) is 0 Å². The number of esters is 1. The predicted molar refractivity (Wildman–Crippen MR) is 104 cm³/mol. The zero-order chi connectivity index (χ0) is 19.5. The molecule has 1 saturated heterocycles. The van der Waals surface area contributed by atoms with Crippen molar-refractivity contribution >= 4 is 5.97 Å². The molecule has 0 spiro atoms. The first-order chi connectivity index (χ1) is 12.0. The standard InChI is InChI=1S/C22H36O4/c1-15(2)18-9-12-21(5,24)13-11-19(25-17(4)23)16(3)7-8-20-22(6,26-20)14-10-18/h9,12,15,18-20,24H,3,7-8,10-11,13-14H2,1-2,4-6H3/b12-9+/t18-,19?,20-,21-,22-/m0/s1. The van der Waals surface area contributed by atoms with Crippen molar-refractivity contribution in [3.8, 4) is 0 Å². The van der Waals surface area contributed by atoms with E-state index in [0.717, 1.165) is 31.3 Å². The molecule has 1 N–H and O–H groups in total. The van der Waals surface area contributed by atoms with Crippen molar-refractivity contribution in [2.24, 2.45) is 11.8 Å². The molecule has 0 saturated carbocycles. The van der Waals surface area contributed by atoms with Crippen LogP contribution in [0.3, 0.4) is 0 Å². The number of epoxide rings is 1. The smallest absolute Gasteiger partial charge is 0.303 e. The minimum Gasteiger partial charge on any atom is -0.458 e. The highest BCUT2D eigenvalue weighted by molar-refractivity contribution is 5.66. The van der Waals surface area contributed by atoms with E-state index in [2.05, 4.69) is 33.4 Å². The largest absolute Gasteiger partial charge is 0.458 e. The molecule has 1 unspecified atom stereocenters. The number of hydrogen-bond acceptors (Lipinski definition) is 4. The quantitative estimate of drug-likeness (QED) is 0.443. The number of carbonyl (C=O) groups is 1. The summed E-state index contributed by atoms with van der Waals surface area (Å²) in [5.74, 6) is 0.634. The van der Waals surface area contributed by atoms with Crippen molar-refractivity contribution in [1.82, 2.24) is 0 Å². The third-order valence-corrected chi connectivity index (χ3v) is 5.97. The topological polar surface area (TPSA) is 59.1 Å². The van der Waals surface area contributed by atoms with E-state index in [0.29, 0.717) is 24.7 Å². The fourth-order valence-corrected chi connectivity index (χ4v) is 3.84. The van der Waals surface area contributed by atoms with Gasteiger partial charge in [-0.1, -0.05) is 32.6 Å². The Bertz CT molecular complexity index is 548. The maximum Gasteiger partial charge on any atom is 0.303 e. The van der Waals surface area contributed by atoms with E-state index in [1.165, 1.54) is 6.92 Å². The summed E-state index contributed by atoms with van der Waals surface area (Å²) in [6, 6.07) is 0. The Balaban J connectivity index is 2.17. The molecule has 0 bridgehead atoms. The second-order valence-corrected chi connectivity index (χ2v) is 8.92. The SMILES string of the molecule is C=C1CC[C@@H]2O[C@@]2(C)CC[C@@H](C(C)C)/C=C/[C@](C)(O)CCC1OC(C)=O. The maximum atomic E-state index is 11.5. The van der Waals surface area contributed by atoms with E-state index < -0.39 is 5.60 Å². The highest BCUT2D eigenvalue weighted by Crippen LogP contribution is 2.45. The van der Waals surface area contributed by atoms with Gasteiger partial charge in [-0.15, -0.1) is 0 Å². The van der Waals surface area contributed by atoms with Gasteiger partial charge in [0.25, 0.3) is 0 Å². The lowest BCUT2D eigenvalue weighted by molar-refractivity contribution is -0.145. The number of aliphatic hydroxyl groups is 1. The molecular weight excluding hydrogens is 328 g/mol. The van der Waals surface area contributed by atoms with Crippen LogP contribution in [0.2, 0.25) is 0 Å². The first-order valence-corrected chi connectivity index (χ1v) is 9.97. The lowest BCUT2D eigenvalue weighted by atomic mass is 9.84. The molecule has 1 heterocycles. The van der Waals surface area contributed by atoms with Crippen LogP contribution in [0, 0.1) is 11.8 Å². The Hall–Kier alpha value is -1.13. The van der Waals surface area contributed by atoms with Crippen LogP contribution >= 0.6 is 0 Å². The van der Waals surface area contributed by atoms with Crippen molar-refractivity contribution in [2.45, 2.75) is 96.6 Å². The van der Waals surface area contributed by atoms with Crippen molar-refractivity contribution in [3.63, 3.8) is 0 Å². The average Bonchev–Trinajstić information content (AvgIpc) is 3.18. The van der Waals surface area contributed by atoms with Crippen LogP contribution in [0.1, 0.15) is 73.1 Å². The van der Waals surface area contributed by atoms with Gasteiger partial charge in [0, 0.05) is 6.92 Å². The van der Waals surface area contributed by atoms with E-state index in [1.54, 1.807) is 0 Å². The Kier molecular flexibility index (Phi) is 6.73. The Morgan fingerprint density at radius 1 is 1.31 bits per heavy atom. The molecular formula is C22H36O4. The Labute approximate surface area is 158 Å². The number of allylic oxidation sites excluding steroid dienone is 1. The van der Waals surface area contributed by atoms with Gasteiger partial charge in [0.15, 0.2) is 0 Å². The predicted octanol–water partition coefficient (Wildman–Crippen LogP) is 4.57. The molecule has 1 aliphatic carbocycles. The van der Waals surface area contributed by atoms with Gasteiger partial charge in [-0.05, 0) is 69.8 Å². The highest BCUT2D eigenvalue weighted by atomic mass is 16.6. The zero-order valence-corrected chi connectivity index (χ0v) is 17.1. The van der Waals surface area contributed by atoms with Crippen molar-refractivity contribution in [3.05, 3.63) is 24.3 Å². The Morgan fingerprint density at radius 3 is 2.62 bits per heavy atom. The monoisotopic (exact) mass is 364 g/mol. The van der Waals surface area contributed by atoms with Gasteiger partial charge < -0.3 is 14.6 Å². The molecule has 0 aromatic heterocycles. The van der Waals surface area contributed by atoms with Crippen LogP contribution in [0.5, 0.6) is 0 Å². The van der Waals surface area contributed by atoms with Gasteiger partial charge in [0.1, 0.15) is 6.10 Å². The summed E-state index contributed by atoms with van der Waals surface area (Å²) in [6.07, 6.45) is 8.88. The molecule has 4 nitrogen and oxygen atoms in total. The number of fused-ring (bicyclic) bond motifs is 1. The third-order valence-electron chi connectivity index (χ3n) is 5.97. The third kappa shape index (κ3) is 5.95. The number of carbonyl (C=O) groups excluding carboxylic acids is 1. The summed E-state index contributed by atoms with van der Waals surface area (Å²) in [4.78, 5) is 11.5. The minimum atomic E-state index is -0.918. The van der Waals surface area contributed by atoms with Gasteiger partial charge in [-0.25, -0.2) is 0 Å². The van der Waals surface area contributed by atoms with Gasteiger partial charge in [-0.3, -0.25) is 4.79 Å². The molecule has 1 fully saturated rings. The van der Waals surface area contributed by atoms with Crippen molar-refractivity contribution in [2.75, 3.05) is 0 Å². The fraction of sp³-hybridized carbons (Fsp3) is 0.773. The lowest BCUT2D eigenvalue weighted by Gasteiger charge is -2.26. The summed E-state index contributed by atoms with van der Waals surface area (Å²) in [7, 11) is 0. The minimum absolute atomic E-state index is 0.0508. The average molecular weight is 365 g/mol. The molecule has 1 aliphatic heterocycles. The molecule has 148 valence electrons. The molecule has 5 atom stereocenters. The van der Waals surface area contributed by atoms with Crippen LogP contribution in [0.4, 0.5) is 0 Å². The second-order valence-electron chi connectivity index (χ2n) is 8.92. The molecule has 2 rings (SSSR count). The molecule has 4 heteroatoms. The van der Waals surface area contributed by atoms with Crippen LogP contribution in [-0.2, 0) is 14.3 Å². The number of rotatable bonds is 2. The zero-order valence-electron chi connectivity index (χ0n) is 17.1. The molecule has 0 radical (unpaired) electrons. The molecule has 0 aromatic carbocycles. The molecule has 26 heavy (non-hydrogen) atoms. The van der Waals surface area contributed by atoms with Crippen LogP contribution < -0.4 is 0 Å². The van der Waals surface area contributed by atoms with Crippen LogP contribution in [-0.4, -0.2) is 34.5 Å². The molecule has 2 aliphatic rings. The van der Waals surface area contributed by atoms with Crippen LogP contribution in [0.25, 0.3) is 0 Å². The first-order valence-electron chi connectivity index (χ1n) is 9.97. The summed E-state index contributed by atoms with van der Waals surface area (Å²) in [5, 5.41) is 10.8. The normalized spacial score (nSPS) is 40.4. The Morgan fingerprint density at radius 2 is 2.00 bits per heavy atom. The van der Waals surface area contributed by atoms with E-state index in [4.69, 9.17) is 9.47 Å². The highest BCUT2D eigenvalue weighted by Gasteiger charge is 2.51. The fourth-order valence-electron chi connectivity index (χ4n) is 3.84. The van der Waals surface area contributed by atoms with E-state index >= 15 is 0 Å². The lowest BCUT2D eigenvalue weighted by Crippen LogP contribution is -2.27. The van der Waals surface area contributed by atoms with Gasteiger partial charge in [-0.2, -0.15) is 0 Å². The summed E-state index contributed by atoms with van der Waals surface area (Å²) in [6.45, 7) is 14.0. The second kappa shape index (κ2) is 8.26. The van der Waals surface area contributed by atoms with E-state index in [1.807, 2.05) is 13.0 Å².